The summed E-state index contributed by atoms with van der Waals surface area (Å²) in [6, 6.07) is 5.04. The monoisotopic (exact) mass is 288 g/mol. The molecule has 0 aliphatic carbocycles. The van der Waals surface area contributed by atoms with Crippen molar-refractivity contribution >= 4 is 17.6 Å². The molecule has 19 heavy (non-hydrogen) atoms. The Morgan fingerprint density at radius 1 is 1.42 bits per heavy atom. The number of aryl methyl sites for hydroxylation is 1. The van der Waals surface area contributed by atoms with Gasteiger partial charge in [-0.15, -0.1) is 0 Å². The number of carbonyl (C=O) groups is 1. The first-order chi connectivity index (χ1) is 9.08. The van der Waals surface area contributed by atoms with Crippen molar-refractivity contribution < 1.29 is 24.5 Å². The van der Waals surface area contributed by atoms with E-state index >= 15 is 0 Å². The van der Waals surface area contributed by atoms with Crippen LogP contribution in [0.3, 0.4) is 0 Å². The Labute approximate surface area is 116 Å². The van der Waals surface area contributed by atoms with E-state index in [1.165, 1.54) is 0 Å². The number of benzene rings is 1. The van der Waals surface area contributed by atoms with Crippen LogP contribution in [0.2, 0.25) is 5.02 Å². The zero-order valence-electron chi connectivity index (χ0n) is 10.6. The van der Waals surface area contributed by atoms with Gasteiger partial charge in [0.1, 0.15) is 5.75 Å². The van der Waals surface area contributed by atoms with Crippen LogP contribution in [0.4, 0.5) is 0 Å². The molecule has 0 heterocycles. The largest absolute Gasteiger partial charge is 0.478 e. The number of halogens is 1. The van der Waals surface area contributed by atoms with Gasteiger partial charge in [-0.25, -0.2) is 4.79 Å². The molecule has 0 radical (unpaired) electrons. The summed E-state index contributed by atoms with van der Waals surface area (Å²) in [7, 11) is 0. The lowest BCUT2D eigenvalue weighted by Crippen LogP contribution is -2.30. The third kappa shape index (κ3) is 5.06. The second-order valence-corrected chi connectivity index (χ2v) is 4.41. The molecule has 0 amide bonds. The lowest BCUT2D eigenvalue weighted by Gasteiger charge is -2.18. The Hall–Kier alpha value is -1.30. The SMILES string of the molecule is Cc1cc(Cl)ccc1OC(CCCO)C(=O)OCO. The molecule has 0 fully saturated rings. The molecule has 0 saturated heterocycles. The maximum absolute atomic E-state index is 11.6. The fourth-order valence-corrected chi connectivity index (χ4v) is 1.78. The molecule has 1 unspecified atom stereocenters. The number of ether oxygens (including phenoxy) is 2. The highest BCUT2D eigenvalue weighted by Crippen LogP contribution is 2.24. The minimum absolute atomic E-state index is 0.0497. The Balaban J connectivity index is 2.77. The molecule has 0 spiro atoms. The van der Waals surface area contributed by atoms with Gasteiger partial charge < -0.3 is 19.7 Å². The molecule has 0 saturated carbocycles. The molecule has 0 aliphatic rings. The van der Waals surface area contributed by atoms with Crippen molar-refractivity contribution in [1.82, 2.24) is 0 Å². The zero-order valence-corrected chi connectivity index (χ0v) is 11.4. The van der Waals surface area contributed by atoms with E-state index in [0.29, 0.717) is 23.6 Å². The van der Waals surface area contributed by atoms with Crippen LogP contribution in [0.1, 0.15) is 18.4 Å². The molecule has 1 aromatic carbocycles. The molecule has 5 nitrogen and oxygen atoms in total. The zero-order chi connectivity index (χ0) is 14.3. The van der Waals surface area contributed by atoms with Gasteiger partial charge in [0, 0.05) is 11.6 Å². The number of hydrogen-bond acceptors (Lipinski definition) is 5. The normalized spacial score (nSPS) is 12.0. The van der Waals surface area contributed by atoms with E-state index in [9.17, 15) is 4.79 Å². The van der Waals surface area contributed by atoms with E-state index in [2.05, 4.69) is 4.74 Å². The number of aliphatic hydroxyl groups is 2. The van der Waals surface area contributed by atoms with E-state index in [1.54, 1.807) is 18.2 Å². The van der Waals surface area contributed by atoms with E-state index in [0.717, 1.165) is 5.56 Å². The Morgan fingerprint density at radius 3 is 2.74 bits per heavy atom. The van der Waals surface area contributed by atoms with Gasteiger partial charge in [0.15, 0.2) is 12.9 Å². The quantitative estimate of drug-likeness (QED) is 0.589. The fraction of sp³-hybridized carbons (Fsp3) is 0.462. The average molecular weight is 289 g/mol. The first-order valence-electron chi connectivity index (χ1n) is 5.89. The minimum atomic E-state index is -0.862. The van der Waals surface area contributed by atoms with E-state index in [-0.39, 0.29) is 6.61 Å². The van der Waals surface area contributed by atoms with Gasteiger partial charge >= 0.3 is 5.97 Å². The first kappa shape index (κ1) is 15.8. The molecule has 106 valence electrons. The number of carbonyl (C=O) groups excluding carboxylic acids is 1. The standard InChI is InChI=1S/C13H17ClO5/c1-9-7-10(14)4-5-11(9)19-12(3-2-6-15)13(17)18-8-16/h4-5,7,12,15-16H,2-3,6,8H2,1H3. The highest BCUT2D eigenvalue weighted by atomic mass is 35.5. The summed E-state index contributed by atoms with van der Waals surface area (Å²) in [6.07, 6.45) is -0.158. The predicted octanol–water partition coefficient (Wildman–Crippen LogP) is 1.66. The number of hydrogen-bond donors (Lipinski definition) is 2. The Kier molecular flexibility index (Phi) is 6.62. The summed E-state index contributed by atoms with van der Waals surface area (Å²) in [4.78, 5) is 11.6. The first-order valence-corrected chi connectivity index (χ1v) is 6.27. The summed E-state index contributed by atoms with van der Waals surface area (Å²) in [6.45, 7) is 1.06. The molecular formula is C13H17ClO5. The van der Waals surface area contributed by atoms with Gasteiger partial charge in [0.25, 0.3) is 0 Å². The van der Waals surface area contributed by atoms with Crippen molar-refractivity contribution in [2.45, 2.75) is 25.9 Å². The van der Waals surface area contributed by atoms with Gasteiger partial charge in [-0.05, 0) is 43.5 Å². The molecule has 1 atom stereocenters. The van der Waals surface area contributed by atoms with Crippen LogP contribution in [0.15, 0.2) is 18.2 Å². The Bertz CT molecular complexity index is 421. The molecule has 1 rings (SSSR count). The smallest absolute Gasteiger partial charge is 0.349 e. The van der Waals surface area contributed by atoms with Crippen LogP contribution < -0.4 is 4.74 Å². The fourth-order valence-electron chi connectivity index (χ4n) is 1.56. The highest BCUT2D eigenvalue weighted by Gasteiger charge is 2.22. The third-order valence-corrected chi connectivity index (χ3v) is 2.74. The maximum atomic E-state index is 11.6. The second-order valence-electron chi connectivity index (χ2n) is 3.97. The summed E-state index contributed by atoms with van der Waals surface area (Å²) in [5.74, 6) is -0.146. The lowest BCUT2D eigenvalue weighted by molar-refractivity contribution is -0.160. The van der Waals surface area contributed by atoms with Gasteiger partial charge in [-0.3, -0.25) is 0 Å². The van der Waals surface area contributed by atoms with Crippen molar-refractivity contribution in [3.63, 3.8) is 0 Å². The number of rotatable bonds is 7. The second kappa shape index (κ2) is 7.99. The topological polar surface area (TPSA) is 76.0 Å². The van der Waals surface area contributed by atoms with Gasteiger partial charge in [-0.2, -0.15) is 0 Å². The highest BCUT2D eigenvalue weighted by molar-refractivity contribution is 6.30. The van der Waals surface area contributed by atoms with E-state index in [4.69, 9.17) is 26.6 Å². The minimum Gasteiger partial charge on any atom is -0.478 e. The van der Waals surface area contributed by atoms with E-state index in [1.807, 2.05) is 6.92 Å². The summed E-state index contributed by atoms with van der Waals surface area (Å²) in [5, 5.41) is 18.0. The van der Waals surface area contributed by atoms with Crippen molar-refractivity contribution in [2.24, 2.45) is 0 Å². The lowest BCUT2D eigenvalue weighted by atomic mass is 10.2. The predicted molar refractivity (Wildman–Crippen MR) is 70.1 cm³/mol. The summed E-state index contributed by atoms with van der Waals surface area (Å²) < 4.78 is 10.1. The Morgan fingerprint density at radius 2 is 2.16 bits per heavy atom. The van der Waals surface area contributed by atoms with Gasteiger partial charge in [0.2, 0.25) is 0 Å². The molecule has 1 aromatic rings. The maximum Gasteiger partial charge on any atom is 0.349 e. The van der Waals surface area contributed by atoms with Crippen LogP contribution in [0, 0.1) is 6.92 Å². The summed E-state index contributed by atoms with van der Waals surface area (Å²) >= 11 is 5.84. The van der Waals surface area contributed by atoms with E-state index < -0.39 is 18.9 Å². The van der Waals surface area contributed by atoms with Gasteiger partial charge in [-0.1, -0.05) is 11.6 Å². The molecule has 6 heteroatoms. The van der Waals surface area contributed by atoms with Crippen LogP contribution >= 0.6 is 11.6 Å². The molecule has 0 aromatic heterocycles. The molecule has 0 bridgehead atoms. The average Bonchev–Trinajstić information content (AvgIpc) is 2.37. The van der Waals surface area contributed by atoms with Crippen LogP contribution in [0.25, 0.3) is 0 Å². The van der Waals surface area contributed by atoms with Crippen LogP contribution in [-0.4, -0.2) is 35.7 Å². The van der Waals surface area contributed by atoms with Gasteiger partial charge in [0.05, 0.1) is 0 Å². The molecular weight excluding hydrogens is 272 g/mol. The molecule has 2 N–H and O–H groups in total. The number of esters is 1. The summed E-state index contributed by atoms with van der Waals surface area (Å²) in [5.41, 5.74) is 0.790. The molecule has 0 aliphatic heterocycles. The van der Waals surface area contributed by atoms with Crippen LogP contribution in [0.5, 0.6) is 5.75 Å². The number of aliphatic hydroxyl groups excluding tert-OH is 2. The van der Waals surface area contributed by atoms with Crippen molar-refractivity contribution in [2.75, 3.05) is 13.4 Å². The van der Waals surface area contributed by atoms with Crippen molar-refractivity contribution in [1.29, 1.82) is 0 Å². The van der Waals surface area contributed by atoms with Crippen molar-refractivity contribution in [3.05, 3.63) is 28.8 Å². The third-order valence-electron chi connectivity index (χ3n) is 2.50. The van der Waals surface area contributed by atoms with Crippen LogP contribution in [-0.2, 0) is 9.53 Å². The van der Waals surface area contributed by atoms with Crippen molar-refractivity contribution in [3.8, 4) is 5.75 Å².